The Morgan fingerprint density at radius 1 is 1.60 bits per heavy atom. The SMILES string of the molecule is Cc1cnn(Cc2nnsc2Cl)c(=O)c1. The second-order valence-corrected chi connectivity index (χ2v) is 4.38. The largest absolute Gasteiger partial charge is 0.268 e. The van der Waals surface area contributed by atoms with Crippen LogP contribution in [0.1, 0.15) is 11.3 Å². The van der Waals surface area contributed by atoms with E-state index in [0.717, 1.165) is 17.1 Å². The molecular weight excluding hydrogens is 236 g/mol. The average molecular weight is 243 g/mol. The Bertz CT molecular complexity index is 535. The molecule has 15 heavy (non-hydrogen) atoms. The van der Waals surface area contributed by atoms with Gasteiger partial charge in [-0.3, -0.25) is 4.79 Å². The molecule has 0 fully saturated rings. The molecule has 7 heteroatoms. The zero-order valence-electron chi connectivity index (χ0n) is 7.85. The smallest absolute Gasteiger partial charge is 0.267 e. The molecule has 2 aromatic rings. The van der Waals surface area contributed by atoms with Gasteiger partial charge in [-0.05, 0) is 12.5 Å². The van der Waals surface area contributed by atoms with Gasteiger partial charge in [0.1, 0.15) is 10.0 Å². The molecule has 0 saturated heterocycles. The van der Waals surface area contributed by atoms with E-state index in [2.05, 4.69) is 14.7 Å². The fourth-order valence-corrected chi connectivity index (χ4v) is 1.69. The normalized spacial score (nSPS) is 10.5. The lowest BCUT2D eigenvalue weighted by molar-refractivity contribution is 0.624. The Kier molecular flexibility index (Phi) is 2.79. The lowest BCUT2D eigenvalue weighted by Gasteiger charge is -2.01. The van der Waals surface area contributed by atoms with Crippen LogP contribution < -0.4 is 5.56 Å². The molecule has 2 aromatic heterocycles. The molecule has 0 unspecified atom stereocenters. The monoisotopic (exact) mass is 242 g/mol. The summed E-state index contributed by atoms with van der Waals surface area (Å²) in [6.07, 6.45) is 1.62. The van der Waals surface area contributed by atoms with Crippen LogP contribution in [0.15, 0.2) is 17.1 Å². The summed E-state index contributed by atoms with van der Waals surface area (Å²) in [5.41, 5.74) is 1.23. The highest BCUT2D eigenvalue weighted by atomic mass is 35.5. The van der Waals surface area contributed by atoms with E-state index in [1.807, 2.05) is 6.92 Å². The molecule has 0 aliphatic rings. The van der Waals surface area contributed by atoms with Crippen molar-refractivity contribution in [2.75, 3.05) is 0 Å². The minimum atomic E-state index is -0.168. The molecule has 0 saturated carbocycles. The fourth-order valence-electron chi connectivity index (χ4n) is 1.08. The lowest BCUT2D eigenvalue weighted by Crippen LogP contribution is -2.22. The molecule has 0 aliphatic heterocycles. The number of halogens is 1. The van der Waals surface area contributed by atoms with E-state index >= 15 is 0 Å². The predicted octanol–water partition coefficient (Wildman–Crippen LogP) is 1.10. The van der Waals surface area contributed by atoms with Gasteiger partial charge in [-0.1, -0.05) is 16.1 Å². The Labute approximate surface area is 94.5 Å². The first-order valence-corrected chi connectivity index (χ1v) is 5.32. The minimum absolute atomic E-state index is 0.168. The molecule has 0 bridgehead atoms. The van der Waals surface area contributed by atoms with Gasteiger partial charge in [0, 0.05) is 17.6 Å². The summed E-state index contributed by atoms with van der Waals surface area (Å²) in [6.45, 7) is 2.07. The number of rotatable bonds is 2. The summed E-state index contributed by atoms with van der Waals surface area (Å²) >= 11 is 6.92. The number of nitrogens with zero attached hydrogens (tertiary/aromatic N) is 4. The van der Waals surface area contributed by atoms with Gasteiger partial charge in [-0.25, -0.2) is 4.68 Å². The van der Waals surface area contributed by atoms with Crippen molar-refractivity contribution < 1.29 is 0 Å². The summed E-state index contributed by atoms with van der Waals surface area (Å²) in [7, 11) is 0. The van der Waals surface area contributed by atoms with Crippen molar-refractivity contribution in [2.24, 2.45) is 0 Å². The third-order valence-corrected chi connectivity index (χ3v) is 2.80. The van der Waals surface area contributed by atoms with E-state index in [-0.39, 0.29) is 12.1 Å². The molecule has 0 N–H and O–H groups in total. The molecule has 2 heterocycles. The first-order valence-electron chi connectivity index (χ1n) is 4.17. The van der Waals surface area contributed by atoms with E-state index < -0.39 is 0 Å². The summed E-state index contributed by atoms with van der Waals surface area (Å²) < 4.78 is 5.47. The van der Waals surface area contributed by atoms with Crippen molar-refractivity contribution in [3.63, 3.8) is 0 Å². The van der Waals surface area contributed by atoms with Crippen LogP contribution >= 0.6 is 23.1 Å². The van der Waals surface area contributed by atoms with E-state index in [0.29, 0.717) is 10.0 Å². The third kappa shape index (κ3) is 2.21. The second kappa shape index (κ2) is 4.08. The van der Waals surface area contributed by atoms with Gasteiger partial charge >= 0.3 is 0 Å². The third-order valence-electron chi connectivity index (χ3n) is 1.82. The number of aryl methyl sites for hydroxylation is 1. The number of aromatic nitrogens is 4. The summed E-state index contributed by atoms with van der Waals surface area (Å²) in [6, 6.07) is 1.51. The maximum absolute atomic E-state index is 11.5. The van der Waals surface area contributed by atoms with Gasteiger partial charge in [0.05, 0.1) is 12.7 Å². The molecule has 0 amide bonds. The van der Waals surface area contributed by atoms with Crippen LogP contribution in [0.25, 0.3) is 0 Å². The van der Waals surface area contributed by atoms with Crippen molar-refractivity contribution in [3.05, 3.63) is 38.2 Å². The van der Waals surface area contributed by atoms with Crippen LogP contribution in [-0.2, 0) is 6.54 Å². The van der Waals surface area contributed by atoms with E-state index in [1.165, 1.54) is 10.7 Å². The molecule has 0 spiro atoms. The van der Waals surface area contributed by atoms with Gasteiger partial charge in [0.15, 0.2) is 0 Å². The van der Waals surface area contributed by atoms with Crippen LogP contribution in [0.2, 0.25) is 4.34 Å². The first-order chi connectivity index (χ1) is 7.16. The van der Waals surface area contributed by atoms with Crippen LogP contribution in [-0.4, -0.2) is 19.4 Å². The van der Waals surface area contributed by atoms with Crippen LogP contribution in [0.3, 0.4) is 0 Å². The maximum Gasteiger partial charge on any atom is 0.267 e. The molecule has 0 aliphatic carbocycles. The highest BCUT2D eigenvalue weighted by Crippen LogP contribution is 2.17. The molecular formula is C8H7ClN4OS. The molecule has 5 nitrogen and oxygen atoms in total. The predicted molar refractivity (Wildman–Crippen MR) is 57.3 cm³/mol. The van der Waals surface area contributed by atoms with Gasteiger partial charge < -0.3 is 0 Å². The second-order valence-electron chi connectivity index (χ2n) is 3.02. The Hall–Kier alpha value is -1.27. The van der Waals surface area contributed by atoms with Gasteiger partial charge in [-0.15, -0.1) is 5.10 Å². The van der Waals surface area contributed by atoms with Crippen molar-refractivity contribution in [1.82, 2.24) is 19.4 Å². The van der Waals surface area contributed by atoms with Crippen molar-refractivity contribution in [1.29, 1.82) is 0 Å². The molecule has 0 radical (unpaired) electrons. The fraction of sp³-hybridized carbons (Fsp3) is 0.250. The van der Waals surface area contributed by atoms with Crippen LogP contribution in [0, 0.1) is 6.92 Å². The van der Waals surface area contributed by atoms with E-state index in [1.54, 1.807) is 6.20 Å². The number of hydrogen-bond donors (Lipinski definition) is 0. The summed E-state index contributed by atoms with van der Waals surface area (Å²) in [5, 5.41) is 7.79. The quantitative estimate of drug-likeness (QED) is 0.791. The molecule has 0 atom stereocenters. The van der Waals surface area contributed by atoms with Crippen molar-refractivity contribution >= 4 is 23.1 Å². The highest BCUT2D eigenvalue weighted by molar-refractivity contribution is 7.10. The Morgan fingerprint density at radius 3 is 3.00 bits per heavy atom. The summed E-state index contributed by atoms with van der Waals surface area (Å²) in [5.74, 6) is 0. The first kappa shape index (κ1) is 10.3. The Balaban J connectivity index is 2.33. The van der Waals surface area contributed by atoms with Gasteiger partial charge in [0.2, 0.25) is 0 Å². The highest BCUT2D eigenvalue weighted by Gasteiger charge is 2.07. The van der Waals surface area contributed by atoms with Crippen molar-refractivity contribution in [2.45, 2.75) is 13.5 Å². The molecule has 0 aromatic carbocycles. The standard InChI is InChI=1S/C8H7ClN4OS/c1-5-2-7(14)13(10-3-5)4-6-8(9)15-12-11-6/h2-3H,4H2,1H3. The van der Waals surface area contributed by atoms with Crippen LogP contribution in [0.5, 0.6) is 0 Å². The van der Waals surface area contributed by atoms with Crippen LogP contribution in [0.4, 0.5) is 0 Å². The topological polar surface area (TPSA) is 60.7 Å². The van der Waals surface area contributed by atoms with Gasteiger partial charge in [0.25, 0.3) is 5.56 Å². The zero-order valence-corrected chi connectivity index (χ0v) is 9.42. The van der Waals surface area contributed by atoms with Crippen molar-refractivity contribution in [3.8, 4) is 0 Å². The molecule has 78 valence electrons. The zero-order chi connectivity index (χ0) is 10.8. The average Bonchev–Trinajstić information content (AvgIpc) is 2.57. The minimum Gasteiger partial charge on any atom is -0.268 e. The Morgan fingerprint density at radius 2 is 2.40 bits per heavy atom. The van der Waals surface area contributed by atoms with Gasteiger partial charge in [-0.2, -0.15) is 5.10 Å². The van der Waals surface area contributed by atoms with E-state index in [4.69, 9.17) is 11.6 Å². The maximum atomic E-state index is 11.5. The number of hydrogen-bond acceptors (Lipinski definition) is 5. The summed E-state index contributed by atoms with van der Waals surface area (Å²) in [4.78, 5) is 11.5. The van der Waals surface area contributed by atoms with E-state index in [9.17, 15) is 4.79 Å². The molecule has 2 rings (SSSR count). The lowest BCUT2D eigenvalue weighted by atomic mass is 10.3.